The topological polar surface area (TPSA) is 27.3 Å². The minimum absolute atomic E-state index is 0.358. The van der Waals surface area contributed by atoms with Gasteiger partial charge >= 0.3 is 0 Å². The molecule has 0 aliphatic rings. The summed E-state index contributed by atoms with van der Waals surface area (Å²) < 4.78 is 0. The molecule has 3 aromatic rings. The highest BCUT2D eigenvalue weighted by atomic mass is 32.1. The molecule has 0 saturated heterocycles. The molecule has 132 valence electrons. The Hall–Kier alpha value is -2.85. The van der Waals surface area contributed by atoms with Crippen molar-refractivity contribution in [1.82, 2.24) is 0 Å². The van der Waals surface area contributed by atoms with Gasteiger partial charge in [-0.05, 0) is 74.6 Å². The Bertz CT molecular complexity index is 830. The highest BCUT2D eigenvalue weighted by molar-refractivity contribution is 7.80. The molecule has 0 unspecified atom stereocenters. The lowest BCUT2D eigenvalue weighted by molar-refractivity contribution is 0.789. The van der Waals surface area contributed by atoms with Crippen molar-refractivity contribution in [3.63, 3.8) is 0 Å². The zero-order chi connectivity index (χ0) is 18.4. The number of hydrogen-bond acceptors (Lipinski definition) is 2. The van der Waals surface area contributed by atoms with Gasteiger partial charge in [0.05, 0.1) is 0 Å². The van der Waals surface area contributed by atoms with Gasteiger partial charge in [0.2, 0.25) is 0 Å². The van der Waals surface area contributed by atoms with E-state index in [0.29, 0.717) is 11.2 Å². The summed E-state index contributed by atoms with van der Waals surface area (Å²) in [5, 5.41) is 6.99. The molecular weight excluding hydrogens is 338 g/mol. The molecule has 0 aliphatic carbocycles. The van der Waals surface area contributed by atoms with Crippen molar-refractivity contribution in [1.29, 1.82) is 0 Å². The van der Waals surface area contributed by atoms with E-state index in [9.17, 15) is 0 Å². The molecule has 0 radical (unpaired) electrons. The van der Waals surface area contributed by atoms with E-state index in [0.717, 1.165) is 17.1 Å². The monoisotopic (exact) mass is 361 g/mol. The van der Waals surface area contributed by atoms with Crippen molar-refractivity contribution < 1.29 is 0 Å². The zero-order valence-electron chi connectivity index (χ0n) is 15.0. The van der Waals surface area contributed by atoms with E-state index < -0.39 is 0 Å². The molecule has 2 N–H and O–H groups in total. The molecule has 0 bridgehead atoms. The normalized spacial score (nSPS) is 10.4. The fraction of sp³-hybridized carbons (Fsp3) is 0.136. The first-order valence-electron chi connectivity index (χ1n) is 8.71. The Morgan fingerprint density at radius 2 is 1.15 bits per heavy atom. The average Bonchev–Trinajstić information content (AvgIpc) is 2.65. The van der Waals surface area contributed by atoms with E-state index in [2.05, 4.69) is 65.8 Å². The minimum Gasteiger partial charge on any atom is -0.339 e. The van der Waals surface area contributed by atoms with Crippen molar-refractivity contribution in [3.05, 3.63) is 84.9 Å². The quantitative estimate of drug-likeness (QED) is 0.542. The summed E-state index contributed by atoms with van der Waals surface area (Å²) in [5.74, 6) is 0. The largest absolute Gasteiger partial charge is 0.339 e. The van der Waals surface area contributed by atoms with Crippen LogP contribution in [0.5, 0.6) is 0 Å². The fourth-order valence-electron chi connectivity index (χ4n) is 2.85. The lowest BCUT2D eigenvalue weighted by Crippen LogP contribution is -2.25. The number of thiocarbonyl (C=S) groups is 1. The second kappa shape index (κ2) is 8.50. The van der Waals surface area contributed by atoms with Crippen molar-refractivity contribution in [2.24, 2.45) is 0 Å². The second-order valence-electron chi connectivity index (χ2n) is 6.29. The smallest absolute Gasteiger partial charge is 0.175 e. The third-order valence-electron chi connectivity index (χ3n) is 3.99. The SMILES string of the molecule is CC(C)N(c1ccccc1)c1ccc(NC(=S)Nc2ccccc2)cc1. The van der Waals surface area contributed by atoms with Crippen LogP contribution in [-0.2, 0) is 0 Å². The molecule has 0 atom stereocenters. The molecule has 26 heavy (non-hydrogen) atoms. The molecule has 0 saturated carbocycles. The number of rotatable bonds is 5. The van der Waals surface area contributed by atoms with E-state index in [1.807, 2.05) is 48.5 Å². The van der Waals surface area contributed by atoms with Gasteiger partial charge in [0, 0.05) is 28.8 Å². The predicted octanol–water partition coefficient (Wildman–Crippen LogP) is 6.04. The number of nitrogens with one attached hydrogen (secondary N) is 2. The molecule has 3 rings (SSSR count). The third-order valence-corrected chi connectivity index (χ3v) is 4.19. The van der Waals surface area contributed by atoms with Gasteiger partial charge in [0.15, 0.2) is 5.11 Å². The Kier molecular flexibility index (Phi) is 5.87. The summed E-state index contributed by atoms with van der Waals surface area (Å²) in [6.45, 7) is 4.39. The van der Waals surface area contributed by atoms with Crippen molar-refractivity contribution >= 4 is 40.1 Å². The van der Waals surface area contributed by atoms with Gasteiger partial charge in [0.25, 0.3) is 0 Å². The van der Waals surface area contributed by atoms with Crippen LogP contribution < -0.4 is 15.5 Å². The number of anilines is 4. The molecule has 0 fully saturated rings. The van der Waals surface area contributed by atoms with Crippen LogP contribution in [0, 0.1) is 0 Å². The van der Waals surface area contributed by atoms with Gasteiger partial charge in [-0.25, -0.2) is 0 Å². The molecule has 3 nitrogen and oxygen atoms in total. The van der Waals surface area contributed by atoms with Crippen LogP contribution in [0.4, 0.5) is 22.7 Å². The van der Waals surface area contributed by atoms with Crippen molar-refractivity contribution in [2.75, 3.05) is 15.5 Å². The highest BCUT2D eigenvalue weighted by Gasteiger charge is 2.12. The van der Waals surface area contributed by atoms with E-state index in [1.54, 1.807) is 0 Å². The second-order valence-corrected chi connectivity index (χ2v) is 6.70. The zero-order valence-corrected chi connectivity index (χ0v) is 15.8. The van der Waals surface area contributed by atoms with Crippen LogP contribution in [0.2, 0.25) is 0 Å². The van der Waals surface area contributed by atoms with Crippen LogP contribution in [0.1, 0.15) is 13.8 Å². The van der Waals surface area contributed by atoms with E-state index in [-0.39, 0.29) is 0 Å². The molecule has 0 spiro atoms. The van der Waals surface area contributed by atoms with Crippen LogP contribution in [0.15, 0.2) is 84.9 Å². The summed E-state index contributed by atoms with van der Waals surface area (Å²) in [4.78, 5) is 2.31. The summed E-state index contributed by atoms with van der Waals surface area (Å²) in [6.07, 6.45) is 0. The van der Waals surface area contributed by atoms with Crippen molar-refractivity contribution in [3.8, 4) is 0 Å². The van der Waals surface area contributed by atoms with Crippen LogP contribution >= 0.6 is 12.2 Å². The molecule has 4 heteroatoms. The van der Waals surface area contributed by atoms with Crippen LogP contribution in [-0.4, -0.2) is 11.2 Å². The Labute approximate surface area is 160 Å². The number of nitrogens with zero attached hydrogens (tertiary/aromatic N) is 1. The summed E-state index contributed by atoms with van der Waals surface area (Å²) in [7, 11) is 0. The highest BCUT2D eigenvalue weighted by Crippen LogP contribution is 2.28. The first-order chi connectivity index (χ1) is 12.6. The fourth-order valence-corrected chi connectivity index (χ4v) is 3.09. The van der Waals surface area contributed by atoms with Crippen LogP contribution in [0.3, 0.4) is 0 Å². The predicted molar refractivity (Wildman–Crippen MR) is 116 cm³/mol. The Morgan fingerprint density at radius 3 is 1.69 bits per heavy atom. The number of hydrogen-bond donors (Lipinski definition) is 2. The molecule has 0 aliphatic heterocycles. The van der Waals surface area contributed by atoms with Gasteiger partial charge in [-0.2, -0.15) is 0 Å². The Balaban J connectivity index is 1.70. The number of para-hydroxylation sites is 2. The third kappa shape index (κ3) is 4.61. The summed E-state index contributed by atoms with van der Waals surface area (Å²) >= 11 is 5.39. The maximum atomic E-state index is 5.39. The number of benzene rings is 3. The maximum Gasteiger partial charge on any atom is 0.175 e. The lowest BCUT2D eigenvalue weighted by Gasteiger charge is -2.29. The van der Waals surface area contributed by atoms with Gasteiger partial charge in [-0.1, -0.05) is 36.4 Å². The lowest BCUT2D eigenvalue weighted by atomic mass is 10.2. The van der Waals surface area contributed by atoms with Gasteiger partial charge < -0.3 is 15.5 Å². The van der Waals surface area contributed by atoms with Gasteiger partial charge in [0.1, 0.15) is 0 Å². The van der Waals surface area contributed by atoms with Crippen LogP contribution in [0.25, 0.3) is 0 Å². The van der Waals surface area contributed by atoms with Crippen molar-refractivity contribution in [2.45, 2.75) is 19.9 Å². The summed E-state index contributed by atoms with van der Waals surface area (Å²) in [5.41, 5.74) is 4.26. The van der Waals surface area contributed by atoms with Gasteiger partial charge in [-0.3, -0.25) is 0 Å². The maximum absolute atomic E-state index is 5.39. The molecular formula is C22H23N3S. The minimum atomic E-state index is 0.358. The van der Waals surface area contributed by atoms with Gasteiger partial charge in [-0.15, -0.1) is 0 Å². The molecule has 3 aromatic carbocycles. The molecule has 0 amide bonds. The molecule has 0 heterocycles. The standard InChI is InChI=1S/C22H23N3S/c1-17(2)25(20-11-7-4-8-12-20)21-15-13-19(14-16-21)24-22(26)23-18-9-5-3-6-10-18/h3-17H,1-2H3,(H2,23,24,26). The summed E-state index contributed by atoms with van der Waals surface area (Å²) in [6, 6.07) is 29.0. The molecule has 0 aromatic heterocycles. The average molecular weight is 362 g/mol. The van der Waals surface area contributed by atoms with E-state index >= 15 is 0 Å². The van der Waals surface area contributed by atoms with E-state index in [4.69, 9.17) is 12.2 Å². The first kappa shape index (κ1) is 18.0. The first-order valence-corrected chi connectivity index (χ1v) is 9.12. The Morgan fingerprint density at radius 1 is 0.692 bits per heavy atom. The van der Waals surface area contributed by atoms with E-state index in [1.165, 1.54) is 5.69 Å².